The molecule has 0 aliphatic heterocycles. The van der Waals surface area contributed by atoms with E-state index in [4.69, 9.17) is 0 Å². The normalized spacial score (nSPS) is 16.7. The number of para-hydroxylation sites is 1. The third-order valence-corrected chi connectivity index (χ3v) is 6.08. The number of aryl methyl sites for hydroxylation is 2. The number of hydrogen-bond donors (Lipinski definition) is 1. The second-order valence-electron chi connectivity index (χ2n) is 7.64. The average Bonchev–Trinajstić information content (AvgIpc) is 3.05. The van der Waals surface area contributed by atoms with Crippen molar-refractivity contribution >= 4 is 21.8 Å². The van der Waals surface area contributed by atoms with Crippen LogP contribution in [-0.4, -0.2) is 4.57 Å². The summed E-state index contributed by atoms with van der Waals surface area (Å²) in [4.78, 5) is 0. The summed E-state index contributed by atoms with van der Waals surface area (Å²) in [5.74, 6) is 0. The van der Waals surface area contributed by atoms with Crippen LogP contribution in [0.1, 0.15) is 42.5 Å². The molecule has 1 N–H and O–H groups in total. The van der Waals surface area contributed by atoms with Gasteiger partial charge in [0.2, 0.25) is 0 Å². The Kier molecular flexibility index (Phi) is 4.21. The Labute approximate surface area is 160 Å². The molecule has 4 aromatic rings. The Bertz CT molecular complexity index is 1110. The Morgan fingerprint density at radius 3 is 2.67 bits per heavy atom. The lowest BCUT2D eigenvalue weighted by Crippen LogP contribution is -2.24. The van der Waals surface area contributed by atoms with Gasteiger partial charge in [0.25, 0.3) is 0 Å². The smallest absolute Gasteiger partial charge is 0.0491 e. The van der Waals surface area contributed by atoms with Crippen LogP contribution in [0.4, 0.5) is 0 Å². The zero-order valence-corrected chi connectivity index (χ0v) is 15.9. The van der Waals surface area contributed by atoms with E-state index in [-0.39, 0.29) is 0 Å². The van der Waals surface area contributed by atoms with Crippen LogP contribution in [0.2, 0.25) is 0 Å². The van der Waals surface area contributed by atoms with Crippen LogP contribution in [0, 0.1) is 0 Å². The number of benzene rings is 3. The monoisotopic (exact) mass is 354 g/mol. The SMILES string of the molecule is CCn1c2ccccc2c2cc(CN[C@@H]3CCCc4ccccc43)ccc21. The molecule has 3 aromatic carbocycles. The first-order chi connectivity index (χ1) is 13.3. The molecule has 1 heterocycles. The Morgan fingerprint density at radius 1 is 0.926 bits per heavy atom. The molecule has 136 valence electrons. The predicted molar refractivity (Wildman–Crippen MR) is 114 cm³/mol. The second-order valence-corrected chi connectivity index (χ2v) is 7.64. The maximum atomic E-state index is 3.82. The summed E-state index contributed by atoms with van der Waals surface area (Å²) < 4.78 is 2.42. The van der Waals surface area contributed by atoms with E-state index >= 15 is 0 Å². The number of rotatable bonds is 4. The first-order valence-corrected chi connectivity index (χ1v) is 10.2. The fourth-order valence-corrected chi connectivity index (χ4v) is 4.76. The van der Waals surface area contributed by atoms with Crippen molar-refractivity contribution in [1.82, 2.24) is 9.88 Å². The predicted octanol–water partition coefficient (Wildman–Crippen LogP) is 5.98. The van der Waals surface area contributed by atoms with Gasteiger partial charge in [0.1, 0.15) is 0 Å². The summed E-state index contributed by atoms with van der Waals surface area (Å²) in [6, 6.07) is 25.1. The minimum atomic E-state index is 0.475. The molecule has 1 aromatic heterocycles. The molecule has 0 radical (unpaired) electrons. The number of fused-ring (bicyclic) bond motifs is 4. The topological polar surface area (TPSA) is 17.0 Å². The van der Waals surface area contributed by atoms with Gasteiger partial charge in [-0.15, -0.1) is 0 Å². The lowest BCUT2D eigenvalue weighted by molar-refractivity contribution is 0.459. The van der Waals surface area contributed by atoms with Gasteiger partial charge >= 0.3 is 0 Å². The molecule has 1 atom stereocenters. The molecule has 1 aliphatic rings. The van der Waals surface area contributed by atoms with Crippen molar-refractivity contribution in [3.63, 3.8) is 0 Å². The molecule has 0 saturated carbocycles. The highest BCUT2D eigenvalue weighted by Gasteiger charge is 2.19. The molecule has 2 heteroatoms. The molecule has 0 unspecified atom stereocenters. The van der Waals surface area contributed by atoms with Gasteiger partial charge in [0.05, 0.1) is 0 Å². The molecular formula is C25H26N2. The molecule has 0 saturated heterocycles. The van der Waals surface area contributed by atoms with Crippen molar-refractivity contribution in [2.24, 2.45) is 0 Å². The van der Waals surface area contributed by atoms with E-state index < -0.39 is 0 Å². The summed E-state index contributed by atoms with van der Waals surface area (Å²) in [6.45, 7) is 4.14. The maximum Gasteiger partial charge on any atom is 0.0491 e. The van der Waals surface area contributed by atoms with Crippen LogP contribution in [0.25, 0.3) is 21.8 Å². The summed E-state index contributed by atoms with van der Waals surface area (Å²) in [5.41, 5.74) is 7.05. The number of nitrogens with zero attached hydrogens (tertiary/aromatic N) is 1. The Balaban J connectivity index is 1.46. The summed E-state index contributed by atoms with van der Waals surface area (Å²) in [6.07, 6.45) is 3.73. The molecule has 1 aliphatic carbocycles. The lowest BCUT2D eigenvalue weighted by atomic mass is 9.87. The van der Waals surface area contributed by atoms with Crippen molar-refractivity contribution in [3.8, 4) is 0 Å². The maximum absolute atomic E-state index is 3.82. The van der Waals surface area contributed by atoms with Gasteiger partial charge in [-0.25, -0.2) is 0 Å². The van der Waals surface area contributed by atoms with E-state index in [2.05, 4.69) is 83.5 Å². The van der Waals surface area contributed by atoms with E-state index in [0.29, 0.717) is 6.04 Å². The molecular weight excluding hydrogens is 328 g/mol. The van der Waals surface area contributed by atoms with Crippen molar-refractivity contribution in [1.29, 1.82) is 0 Å². The number of aromatic nitrogens is 1. The fourth-order valence-electron chi connectivity index (χ4n) is 4.76. The average molecular weight is 354 g/mol. The molecule has 2 nitrogen and oxygen atoms in total. The van der Waals surface area contributed by atoms with Gasteiger partial charge in [-0.05, 0) is 61.1 Å². The van der Waals surface area contributed by atoms with Gasteiger partial charge in [-0.3, -0.25) is 0 Å². The molecule has 0 spiro atoms. The lowest BCUT2D eigenvalue weighted by Gasteiger charge is -2.26. The Hall–Kier alpha value is -2.58. The summed E-state index contributed by atoms with van der Waals surface area (Å²) in [7, 11) is 0. The van der Waals surface area contributed by atoms with Crippen molar-refractivity contribution < 1.29 is 0 Å². The minimum Gasteiger partial charge on any atom is -0.341 e. The van der Waals surface area contributed by atoms with Crippen LogP contribution in [0.3, 0.4) is 0 Å². The second kappa shape index (κ2) is 6.86. The zero-order chi connectivity index (χ0) is 18.2. The van der Waals surface area contributed by atoms with E-state index in [9.17, 15) is 0 Å². The van der Waals surface area contributed by atoms with E-state index in [1.165, 1.54) is 57.8 Å². The van der Waals surface area contributed by atoms with Crippen LogP contribution in [0.15, 0.2) is 66.7 Å². The highest BCUT2D eigenvalue weighted by Crippen LogP contribution is 2.31. The number of hydrogen-bond acceptors (Lipinski definition) is 1. The third-order valence-electron chi connectivity index (χ3n) is 6.08. The number of nitrogens with one attached hydrogen (secondary N) is 1. The van der Waals surface area contributed by atoms with E-state index in [0.717, 1.165) is 13.1 Å². The highest BCUT2D eigenvalue weighted by atomic mass is 15.0. The highest BCUT2D eigenvalue weighted by molar-refractivity contribution is 6.08. The quantitative estimate of drug-likeness (QED) is 0.477. The summed E-state index contributed by atoms with van der Waals surface area (Å²) >= 11 is 0. The van der Waals surface area contributed by atoms with Crippen molar-refractivity contribution in [2.75, 3.05) is 0 Å². The standard InChI is InChI=1S/C25H26N2/c1-2-27-24-13-6-5-11-21(24)22-16-18(14-15-25(22)27)17-26-23-12-7-9-19-8-3-4-10-20(19)23/h3-6,8,10-11,13-16,23,26H,2,7,9,12,17H2,1H3/t23-/m1/s1. The minimum absolute atomic E-state index is 0.475. The van der Waals surface area contributed by atoms with Gasteiger partial charge in [-0.1, -0.05) is 48.5 Å². The molecule has 27 heavy (non-hydrogen) atoms. The van der Waals surface area contributed by atoms with Crippen molar-refractivity contribution in [3.05, 3.63) is 83.4 Å². The largest absolute Gasteiger partial charge is 0.341 e. The summed E-state index contributed by atoms with van der Waals surface area (Å²) in [5, 5.41) is 6.55. The van der Waals surface area contributed by atoms with Crippen LogP contribution < -0.4 is 5.32 Å². The van der Waals surface area contributed by atoms with Crippen LogP contribution >= 0.6 is 0 Å². The van der Waals surface area contributed by atoms with Gasteiger partial charge in [0, 0.05) is 40.9 Å². The molecule has 5 rings (SSSR count). The first kappa shape index (κ1) is 16.6. The van der Waals surface area contributed by atoms with Gasteiger partial charge in [-0.2, -0.15) is 0 Å². The molecule has 0 amide bonds. The van der Waals surface area contributed by atoms with E-state index in [1.807, 2.05) is 0 Å². The van der Waals surface area contributed by atoms with E-state index in [1.54, 1.807) is 0 Å². The van der Waals surface area contributed by atoms with Crippen LogP contribution in [-0.2, 0) is 19.5 Å². The molecule has 0 fully saturated rings. The third kappa shape index (κ3) is 2.85. The first-order valence-electron chi connectivity index (χ1n) is 10.2. The zero-order valence-electron chi connectivity index (χ0n) is 15.9. The van der Waals surface area contributed by atoms with Crippen molar-refractivity contribution in [2.45, 2.75) is 45.3 Å². The fraction of sp³-hybridized carbons (Fsp3) is 0.280. The van der Waals surface area contributed by atoms with Crippen LogP contribution in [0.5, 0.6) is 0 Å². The van der Waals surface area contributed by atoms with Gasteiger partial charge in [0.15, 0.2) is 0 Å². The van der Waals surface area contributed by atoms with Gasteiger partial charge < -0.3 is 9.88 Å². The Morgan fingerprint density at radius 2 is 1.74 bits per heavy atom. The molecule has 0 bridgehead atoms.